The fraction of sp³-hybridized carbons (Fsp3) is 0.500. The third-order valence-corrected chi connectivity index (χ3v) is 6.74. The summed E-state index contributed by atoms with van der Waals surface area (Å²) in [4.78, 5) is 129. The highest BCUT2D eigenvalue weighted by Gasteiger charge is 2.20. The molecule has 0 saturated heterocycles. The Morgan fingerprint density at radius 3 is 1.05 bits per heavy atom. The summed E-state index contributed by atoms with van der Waals surface area (Å²) in [6, 6.07) is 0. The van der Waals surface area contributed by atoms with Gasteiger partial charge in [0, 0.05) is 22.3 Å². The minimum absolute atomic E-state index is 0.189. The summed E-state index contributed by atoms with van der Waals surface area (Å²) in [6.45, 7) is 23.4. The van der Waals surface area contributed by atoms with Gasteiger partial charge in [-0.25, -0.2) is 9.59 Å². The lowest BCUT2D eigenvalue weighted by molar-refractivity contribution is -0.169. The van der Waals surface area contributed by atoms with E-state index in [4.69, 9.17) is 20.4 Å². The summed E-state index contributed by atoms with van der Waals surface area (Å²) in [5, 5.41) is 38.5. The number of nitrogens with one attached hydrogen (secondary N) is 2. The summed E-state index contributed by atoms with van der Waals surface area (Å²) in [5.41, 5.74) is 0.981. The quantitative estimate of drug-likeness (QED) is 0.0349. The van der Waals surface area contributed by atoms with Gasteiger partial charge in [-0.1, -0.05) is 54.0 Å². The van der Waals surface area contributed by atoms with Crippen LogP contribution in [0.4, 0.5) is 0 Å². The number of ether oxygens (including phenoxy) is 6. The summed E-state index contributed by atoms with van der Waals surface area (Å²) in [7, 11) is 0. The van der Waals surface area contributed by atoms with E-state index < -0.39 is 109 Å². The number of carbonyl (C=O) groups is 12. The molecule has 4 atom stereocenters. The summed E-state index contributed by atoms with van der Waals surface area (Å²) in [6.07, 6.45) is -1.11. The van der Waals surface area contributed by atoms with E-state index in [0.717, 1.165) is 0 Å². The molecular formula is C40H58N2O22. The van der Waals surface area contributed by atoms with Crippen LogP contribution in [0.5, 0.6) is 0 Å². The van der Waals surface area contributed by atoms with Crippen molar-refractivity contribution in [3.05, 3.63) is 48.6 Å². The molecule has 0 aliphatic heterocycles. The molecule has 64 heavy (non-hydrogen) atoms. The molecule has 24 nitrogen and oxygen atoms in total. The van der Waals surface area contributed by atoms with Gasteiger partial charge in [-0.15, -0.1) is 0 Å². The molecule has 0 aromatic rings. The van der Waals surface area contributed by atoms with E-state index in [-0.39, 0.29) is 50.3 Å². The Balaban J connectivity index is -0.000000375. The molecule has 2 amide bonds. The molecule has 4 unspecified atom stereocenters. The summed E-state index contributed by atoms with van der Waals surface area (Å²) in [5.74, 6) is -12.4. The van der Waals surface area contributed by atoms with Crippen LogP contribution in [0.1, 0.15) is 81.1 Å². The molecule has 0 spiro atoms. The molecule has 0 fully saturated rings. The maximum absolute atomic E-state index is 11.2. The van der Waals surface area contributed by atoms with E-state index in [1.54, 1.807) is 0 Å². The van der Waals surface area contributed by atoms with Crippen LogP contribution in [0.15, 0.2) is 48.6 Å². The van der Waals surface area contributed by atoms with Gasteiger partial charge in [-0.05, 0) is 27.7 Å². The molecular weight excluding hydrogens is 860 g/mol. The molecule has 0 rings (SSSR count). The number of hydrogen-bond donors (Lipinski definition) is 6. The fourth-order valence-corrected chi connectivity index (χ4v) is 2.96. The highest BCUT2D eigenvalue weighted by atomic mass is 16.7. The van der Waals surface area contributed by atoms with E-state index in [0.29, 0.717) is 11.1 Å². The van der Waals surface area contributed by atoms with E-state index >= 15 is 0 Å². The second-order valence-electron chi connectivity index (χ2n) is 13.4. The number of amides is 2. The zero-order valence-electron chi connectivity index (χ0n) is 36.9. The molecule has 0 bridgehead atoms. The van der Waals surface area contributed by atoms with Gasteiger partial charge in [0.15, 0.2) is 13.5 Å². The average molecular weight is 919 g/mol. The molecule has 6 N–H and O–H groups in total. The first-order valence-electron chi connectivity index (χ1n) is 18.4. The van der Waals surface area contributed by atoms with Gasteiger partial charge < -0.3 is 59.5 Å². The van der Waals surface area contributed by atoms with Crippen molar-refractivity contribution in [1.82, 2.24) is 10.6 Å². The molecule has 0 aliphatic carbocycles. The van der Waals surface area contributed by atoms with Crippen molar-refractivity contribution in [3.8, 4) is 0 Å². The predicted molar refractivity (Wildman–Crippen MR) is 217 cm³/mol. The van der Waals surface area contributed by atoms with E-state index in [1.165, 1.54) is 55.4 Å². The molecule has 0 saturated carbocycles. The van der Waals surface area contributed by atoms with Crippen LogP contribution in [-0.4, -0.2) is 119 Å². The topological polar surface area (TPSA) is 365 Å². The van der Waals surface area contributed by atoms with Crippen LogP contribution in [0.3, 0.4) is 0 Å². The highest BCUT2D eigenvalue weighted by molar-refractivity contribution is 5.92. The second-order valence-corrected chi connectivity index (χ2v) is 13.4. The molecule has 0 aromatic heterocycles. The summed E-state index contributed by atoms with van der Waals surface area (Å²) < 4.78 is 27.3. The Bertz CT molecular complexity index is 1610. The fourth-order valence-electron chi connectivity index (χ4n) is 2.96. The summed E-state index contributed by atoms with van der Waals surface area (Å²) >= 11 is 0. The Kier molecular flexibility index (Phi) is 34.8. The largest absolute Gasteiger partial charge is 0.481 e. The Morgan fingerprint density at radius 2 is 0.734 bits per heavy atom. The lowest BCUT2D eigenvalue weighted by atomic mass is 10.1. The molecule has 24 heteroatoms. The van der Waals surface area contributed by atoms with Crippen molar-refractivity contribution < 1.29 is 106 Å². The number of hydrogen-bond acceptors (Lipinski definition) is 18. The number of carboxylic acids is 4. The van der Waals surface area contributed by atoms with Crippen molar-refractivity contribution in [2.24, 2.45) is 23.7 Å². The first kappa shape index (κ1) is 63.2. The predicted octanol–water partition coefficient (Wildman–Crippen LogP) is 2.01. The average Bonchev–Trinajstić information content (AvgIpc) is 3.17. The Hall–Kier alpha value is -7.40. The first-order valence-corrected chi connectivity index (χ1v) is 18.4. The molecule has 0 heterocycles. The first-order chi connectivity index (χ1) is 29.4. The standard InChI is InChI=1S/2C10H15NO5.2C10H14O6/c1-6(2)9(13)11-5-16-8(12)4-7(3)10(14)15;1-6(2)9(14)11-5-16-10(15)7(3)4-8(12)13;1-6(2)10(14)16-5-15-8(11)4-7(3)9(12)13;1-6(2)9(13)15-5-16-10(14)7(3)4-8(11)12/h7H,1,4-5H2,2-3H3,(H,11,13)(H,14,15);7H,1,4-5H2,2-3H3,(H,11,14)(H,12,13);7H,1,4-5H2,2-3H3,(H,12,13);7H,1,4-5H2,2-3H3,(H,11,12). The van der Waals surface area contributed by atoms with Crippen molar-refractivity contribution in [3.63, 3.8) is 0 Å². The van der Waals surface area contributed by atoms with Crippen molar-refractivity contribution >= 4 is 71.5 Å². The van der Waals surface area contributed by atoms with E-state index in [9.17, 15) is 57.5 Å². The molecule has 0 radical (unpaired) electrons. The minimum Gasteiger partial charge on any atom is -0.481 e. The second kappa shape index (κ2) is 35.2. The number of esters is 6. The van der Waals surface area contributed by atoms with E-state index in [2.05, 4.69) is 65.4 Å². The van der Waals surface area contributed by atoms with Crippen molar-refractivity contribution in [2.75, 3.05) is 27.0 Å². The smallest absolute Gasteiger partial charge is 0.335 e. The van der Waals surface area contributed by atoms with Gasteiger partial charge in [0.25, 0.3) is 0 Å². The minimum atomic E-state index is -1.09. The van der Waals surface area contributed by atoms with Crippen LogP contribution >= 0.6 is 0 Å². The SMILES string of the molecule is C=C(C)C(=O)NCOC(=O)C(C)CC(=O)O.C=C(C)C(=O)NCOC(=O)CC(C)C(=O)O.C=C(C)C(=O)OCOC(=O)C(C)CC(=O)O.C=C(C)C(=O)OCOC(=O)CC(C)C(=O)O. The van der Waals surface area contributed by atoms with Crippen LogP contribution in [0.25, 0.3) is 0 Å². The van der Waals surface area contributed by atoms with Gasteiger partial charge in [-0.2, -0.15) is 0 Å². The number of carbonyl (C=O) groups excluding carboxylic acids is 8. The van der Waals surface area contributed by atoms with Gasteiger partial charge in [-0.3, -0.25) is 47.9 Å². The van der Waals surface area contributed by atoms with Crippen LogP contribution < -0.4 is 10.6 Å². The van der Waals surface area contributed by atoms with Gasteiger partial charge >= 0.3 is 59.7 Å². The lowest BCUT2D eigenvalue weighted by Gasteiger charge is -2.10. The lowest BCUT2D eigenvalue weighted by Crippen LogP contribution is -2.29. The van der Waals surface area contributed by atoms with Gasteiger partial charge in [0.1, 0.15) is 0 Å². The number of carboxylic acid groups (broad SMARTS) is 4. The zero-order valence-corrected chi connectivity index (χ0v) is 36.9. The third-order valence-electron chi connectivity index (χ3n) is 6.74. The maximum atomic E-state index is 11.2. The van der Waals surface area contributed by atoms with E-state index in [1.807, 2.05) is 0 Å². The maximum Gasteiger partial charge on any atom is 0.335 e. The van der Waals surface area contributed by atoms with Crippen LogP contribution in [0, 0.1) is 23.7 Å². The number of rotatable bonds is 24. The van der Waals surface area contributed by atoms with Crippen LogP contribution in [0.2, 0.25) is 0 Å². The molecule has 0 aliphatic rings. The van der Waals surface area contributed by atoms with Gasteiger partial charge in [0.2, 0.25) is 25.4 Å². The normalized spacial score (nSPS) is 11.4. The van der Waals surface area contributed by atoms with Crippen molar-refractivity contribution in [2.45, 2.75) is 81.1 Å². The molecule has 360 valence electrons. The Labute approximate surface area is 368 Å². The van der Waals surface area contributed by atoms with Crippen LogP contribution in [-0.2, 0) is 86.0 Å². The monoisotopic (exact) mass is 918 g/mol. The highest BCUT2D eigenvalue weighted by Crippen LogP contribution is 2.07. The Morgan fingerprint density at radius 1 is 0.422 bits per heavy atom. The zero-order chi connectivity index (χ0) is 50.9. The third kappa shape index (κ3) is 37.6. The number of aliphatic carboxylic acids is 4. The molecule has 0 aromatic carbocycles. The van der Waals surface area contributed by atoms with Gasteiger partial charge in [0.05, 0.1) is 49.4 Å². The van der Waals surface area contributed by atoms with Crippen molar-refractivity contribution in [1.29, 1.82) is 0 Å².